The van der Waals surface area contributed by atoms with Crippen molar-refractivity contribution in [1.82, 2.24) is 0 Å². The summed E-state index contributed by atoms with van der Waals surface area (Å²) in [6, 6.07) is 15.5. The summed E-state index contributed by atoms with van der Waals surface area (Å²) in [5.41, 5.74) is 4.87. The molecule has 0 aliphatic heterocycles. The normalized spacial score (nSPS) is 13.4. The Morgan fingerprint density at radius 3 is 2.23 bits per heavy atom. The van der Waals surface area contributed by atoms with Crippen molar-refractivity contribution in [2.24, 2.45) is 0 Å². The van der Waals surface area contributed by atoms with E-state index in [0.29, 0.717) is 5.56 Å². The van der Waals surface area contributed by atoms with E-state index in [1.807, 2.05) is 18.2 Å². The molecule has 0 saturated heterocycles. The largest absolute Gasteiger partial charge is 0.478 e. The van der Waals surface area contributed by atoms with E-state index in [9.17, 15) is 4.79 Å². The van der Waals surface area contributed by atoms with Gasteiger partial charge in [-0.15, -0.1) is 0 Å². The summed E-state index contributed by atoms with van der Waals surface area (Å²) < 4.78 is 0. The second kappa shape index (κ2) is 6.18. The molecule has 0 bridgehead atoms. The summed E-state index contributed by atoms with van der Waals surface area (Å²) in [6.07, 6.45) is 0.799. The lowest BCUT2D eigenvalue weighted by Crippen LogP contribution is -2.27. The topological polar surface area (TPSA) is 37.3 Å². The number of hydrogen-bond acceptors (Lipinski definition) is 1. The van der Waals surface area contributed by atoms with E-state index in [0.717, 1.165) is 17.6 Å². The molecule has 0 aliphatic carbocycles. The molecule has 0 heterocycles. The van der Waals surface area contributed by atoms with Crippen LogP contribution in [0.5, 0.6) is 0 Å². The standard InChI is InChI=1S/C20H22O2/c1-14(2)20(4,18-8-6-5-7-15(18)3)13-16-9-11-17(12-10-16)19(21)22/h5-12H,1,13H2,2-4H3,(H,21,22). The molecule has 0 fully saturated rings. The average Bonchev–Trinajstić information content (AvgIpc) is 2.47. The molecule has 22 heavy (non-hydrogen) atoms. The summed E-state index contributed by atoms with van der Waals surface area (Å²) in [4.78, 5) is 11.0. The third kappa shape index (κ3) is 3.11. The number of hydrogen-bond donors (Lipinski definition) is 1. The summed E-state index contributed by atoms with van der Waals surface area (Å²) in [7, 11) is 0. The van der Waals surface area contributed by atoms with Gasteiger partial charge in [0.1, 0.15) is 0 Å². The number of carboxylic acids is 1. The number of carboxylic acid groups (broad SMARTS) is 1. The number of aromatic carboxylic acids is 1. The van der Waals surface area contributed by atoms with Gasteiger partial charge in [-0.05, 0) is 49.1 Å². The number of benzene rings is 2. The third-order valence-electron chi connectivity index (χ3n) is 4.44. The van der Waals surface area contributed by atoms with E-state index in [2.05, 4.69) is 45.5 Å². The molecule has 2 aromatic carbocycles. The van der Waals surface area contributed by atoms with Crippen LogP contribution in [-0.2, 0) is 11.8 Å². The lowest BCUT2D eigenvalue weighted by atomic mass is 9.71. The minimum absolute atomic E-state index is 0.171. The zero-order chi connectivity index (χ0) is 16.3. The number of aryl methyl sites for hydroxylation is 1. The minimum atomic E-state index is -0.895. The van der Waals surface area contributed by atoms with Crippen LogP contribution in [0.3, 0.4) is 0 Å². The van der Waals surface area contributed by atoms with Crippen LogP contribution in [0.15, 0.2) is 60.7 Å². The first kappa shape index (κ1) is 16.0. The first-order chi connectivity index (χ1) is 10.3. The molecule has 2 rings (SSSR count). The molecule has 1 atom stereocenters. The fraction of sp³-hybridized carbons (Fsp3) is 0.250. The highest BCUT2D eigenvalue weighted by Crippen LogP contribution is 2.36. The summed E-state index contributed by atoms with van der Waals surface area (Å²) >= 11 is 0. The van der Waals surface area contributed by atoms with Crippen LogP contribution < -0.4 is 0 Å². The van der Waals surface area contributed by atoms with Crippen LogP contribution in [0.1, 0.15) is 40.9 Å². The SMILES string of the molecule is C=C(C)C(C)(Cc1ccc(C(=O)O)cc1)c1ccccc1C. The van der Waals surface area contributed by atoms with E-state index < -0.39 is 5.97 Å². The monoisotopic (exact) mass is 294 g/mol. The predicted molar refractivity (Wildman–Crippen MR) is 90.5 cm³/mol. The van der Waals surface area contributed by atoms with Crippen molar-refractivity contribution in [2.45, 2.75) is 32.6 Å². The summed E-state index contributed by atoms with van der Waals surface area (Å²) in [5, 5.41) is 9.00. The van der Waals surface area contributed by atoms with Gasteiger partial charge >= 0.3 is 5.97 Å². The zero-order valence-corrected chi connectivity index (χ0v) is 13.4. The predicted octanol–water partition coefficient (Wildman–Crippen LogP) is 4.77. The van der Waals surface area contributed by atoms with Crippen LogP contribution in [0.4, 0.5) is 0 Å². The molecule has 0 aromatic heterocycles. The number of carbonyl (C=O) groups is 1. The van der Waals surface area contributed by atoms with E-state index >= 15 is 0 Å². The molecular weight excluding hydrogens is 272 g/mol. The van der Waals surface area contributed by atoms with Crippen molar-refractivity contribution < 1.29 is 9.90 Å². The summed E-state index contributed by atoms with van der Waals surface area (Å²) in [6.45, 7) is 10.6. The molecule has 1 N–H and O–H groups in total. The van der Waals surface area contributed by atoms with Crippen LogP contribution >= 0.6 is 0 Å². The molecule has 2 aromatic rings. The van der Waals surface area contributed by atoms with Gasteiger partial charge in [0.2, 0.25) is 0 Å². The highest BCUT2D eigenvalue weighted by Gasteiger charge is 2.29. The molecular formula is C20H22O2. The lowest BCUT2D eigenvalue weighted by Gasteiger charge is -2.33. The van der Waals surface area contributed by atoms with E-state index in [1.54, 1.807) is 12.1 Å². The molecule has 0 aliphatic rings. The van der Waals surface area contributed by atoms with Gasteiger partial charge in [0.05, 0.1) is 5.56 Å². The third-order valence-corrected chi connectivity index (χ3v) is 4.44. The highest BCUT2D eigenvalue weighted by molar-refractivity contribution is 5.87. The number of allylic oxidation sites excluding steroid dienone is 1. The molecule has 0 amide bonds. The van der Waals surface area contributed by atoms with Crippen molar-refractivity contribution in [1.29, 1.82) is 0 Å². The molecule has 0 radical (unpaired) electrons. The van der Waals surface area contributed by atoms with Crippen molar-refractivity contribution in [3.05, 3.63) is 82.9 Å². The Balaban J connectivity index is 2.39. The fourth-order valence-electron chi connectivity index (χ4n) is 2.84. The maximum absolute atomic E-state index is 11.0. The number of rotatable bonds is 5. The van der Waals surface area contributed by atoms with Gasteiger partial charge in [-0.1, -0.05) is 55.5 Å². The Hall–Kier alpha value is -2.35. The molecule has 114 valence electrons. The first-order valence-corrected chi connectivity index (χ1v) is 7.39. The smallest absolute Gasteiger partial charge is 0.335 e. The van der Waals surface area contributed by atoms with E-state index in [1.165, 1.54) is 11.1 Å². The Kier molecular flexibility index (Phi) is 4.51. The van der Waals surface area contributed by atoms with Crippen LogP contribution in [-0.4, -0.2) is 11.1 Å². The van der Waals surface area contributed by atoms with Crippen molar-refractivity contribution >= 4 is 5.97 Å². The molecule has 0 spiro atoms. The van der Waals surface area contributed by atoms with Crippen molar-refractivity contribution in [2.75, 3.05) is 0 Å². The molecule has 1 unspecified atom stereocenters. The fourth-order valence-corrected chi connectivity index (χ4v) is 2.84. The Morgan fingerprint density at radius 2 is 1.73 bits per heavy atom. The van der Waals surface area contributed by atoms with Gasteiger partial charge in [-0.25, -0.2) is 4.79 Å². The second-order valence-electron chi connectivity index (χ2n) is 6.11. The van der Waals surface area contributed by atoms with Gasteiger partial charge in [-0.3, -0.25) is 0 Å². The zero-order valence-electron chi connectivity index (χ0n) is 13.4. The second-order valence-corrected chi connectivity index (χ2v) is 6.11. The van der Waals surface area contributed by atoms with Gasteiger partial charge in [0, 0.05) is 5.41 Å². The van der Waals surface area contributed by atoms with Crippen molar-refractivity contribution in [3.63, 3.8) is 0 Å². The minimum Gasteiger partial charge on any atom is -0.478 e. The van der Waals surface area contributed by atoms with E-state index in [-0.39, 0.29) is 5.41 Å². The molecule has 2 nitrogen and oxygen atoms in total. The van der Waals surface area contributed by atoms with Crippen molar-refractivity contribution in [3.8, 4) is 0 Å². The molecule has 2 heteroatoms. The van der Waals surface area contributed by atoms with E-state index in [4.69, 9.17) is 5.11 Å². The Bertz CT molecular complexity index is 698. The maximum Gasteiger partial charge on any atom is 0.335 e. The Morgan fingerprint density at radius 1 is 1.14 bits per heavy atom. The van der Waals surface area contributed by atoms with Crippen LogP contribution in [0.25, 0.3) is 0 Å². The lowest BCUT2D eigenvalue weighted by molar-refractivity contribution is 0.0697. The van der Waals surface area contributed by atoms with Gasteiger partial charge < -0.3 is 5.11 Å². The van der Waals surface area contributed by atoms with Crippen LogP contribution in [0, 0.1) is 6.92 Å². The quantitative estimate of drug-likeness (QED) is 0.806. The van der Waals surface area contributed by atoms with Gasteiger partial charge in [0.15, 0.2) is 0 Å². The van der Waals surface area contributed by atoms with Crippen LogP contribution in [0.2, 0.25) is 0 Å². The highest BCUT2D eigenvalue weighted by atomic mass is 16.4. The molecule has 0 saturated carbocycles. The van der Waals surface area contributed by atoms with Gasteiger partial charge in [0.25, 0.3) is 0 Å². The Labute approximate surface area is 132 Å². The maximum atomic E-state index is 11.0. The first-order valence-electron chi connectivity index (χ1n) is 7.39. The summed E-state index contributed by atoms with van der Waals surface area (Å²) in [5.74, 6) is -0.895. The average molecular weight is 294 g/mol. The van der Waals surface area contributed by atoms with Gasteiger partial charge in [-0.2, -0.15) is 0 Å².